The molecular weight excluding hydrogens is 188 g/mol. The Morgan fingerprint density at radius 2 is 2.29 bits per heavy atom. The van der Waals surface area contributed by atoms with E-state index < -0.39 is 18.6 Å². The highest BCUT2D eigenvalue weighted by molar-refractivity contribution is 5.85. The molecule has 0 radical (unpaired) electrons. The summed E-state index contributed by atoms with van der Waals surface area (Å²) < 4.78 is 0. The van der Waals surface area contributed by atoms with Crippen molar-refractivity contribution in [1.82, 2.24) is 10.6 Å². The van der Waals surface area contributed by atoms with Crippen molar-refractivity contribution in [2.75, 3.05) is 19.7 Å². The van der Waals surface area contributed by atoms with Crippen molar-refractivity contribution in [2.24, 2.45) is 5.92 Å². The van der Waals surface area contributed by atoms with E-state index >= 15 is 0 Å². The number of carbonyl (C=O) groups is 2. The third-order valence-corrected chi connectivity index (χ3v) is 2.23. The van der Waals surface area contributed by atoms with Gasteiger partial charge < -0.3 is 20.8 Å². The minimum atomic E-state index is -1.22. The van der Waals surface area contributed by atoms with Gasteiger partial charge in [0.25, 0.3) is 0 Å². The number of hydrogen-bond donors (Lipinski definition) is 4. The number of hydrogen-bond acceptors (Lipinski definition) is 4. The van der Waals surface area contributed by atoms with Gasteiger partial charge in [-0.25, -0.2) is 4.79 Å². The topological polar surface area (TPSA) is 98.7 Å². The molecular formula is C8H14N2O4. The van der Waals surface area contributed by atoms with E-state index in [1.54, 1.807) is 0 Å². The molecule has 6 heteroatoms. The highest BCUT2D eigenvalue weighted by Crippen LogP contribution is 2.07. The molecule has 0 bridgehead atoms. The molecule has 0 aromatic heterocycles. The maximum atomic E-state index is 11.4. The molecule has 0 aromatic carbocycles. The Kier molecular flexibility index (Phi) is 3.84. The Balaban J connectivity index is 2.41. The first-order valence-corrected chi connectivity index (χ1v) is 4.50. The zero-order valence-electron chi connectivity index (χ0n) is 7.69. The van der Waals surface area contributed by atoms with Gasteiger partial charge in [-0.2, -0.15) is 0 Å². The standard InChI is InChI=1S/C8H14N2O4/c11-4-6(8(13)14)10-7(12)5-1-2-9-3-5/h5-6,9,11H,1-4H2,(H,10,12)(H,13,14)/t5?,6-/m1/s1. The molecule has 1 aliphatic rings. The summed E-state index contributed by atoms with van der Waals surface area (Å²) in [5.74, 6) is -1.70. The van der Waals surface area contributed by atoms with Gasteiger partial charge in [-0.05, 0) is 13.0 Å². The van der Waals surface area contributed by atoms with Gasteiger partial charge in [-0.15, -0.1) is 0 Å². The van der Waals surface area contributed by atoms with Crippen LogP contribution in [0.5, 0.6) is 0 Å². The highest BCUT2D eigenvalue weighted by Gasteiger charge is 2.26. The maximum absolute atomic E-state index is 11.4. The normalized spacial score (nSPS) is 23.1. The van der Waals surface area contributed by atoms with Crippen molar-refractivity contribution >= 4 is 11.9 Å². The summed E-state index contributed by atoms with van der Waals surface area (Å²) in [6, 6.07) is -1.19. The number of nitrogens with one attached hydrogen (secondary N) is 2. The van der Waals surface area contributed by atoms with Crippen LogP contribution in [0.25, 0.3) is 0 Å². The van der Waals surface area contributed by atoms with Crippen LogP contribution in [-0.4, -0.2) is 47.8 Å². The van der Waals surface area contributed by atoms with Crippen LogP contribution in [0, 0.1) is 5.92 Å². The van der Waals surface area contributed by atoms with E-state index in [9.17, 15) is 9.59 Å². The van der Waals surface area contributed by atoms with E-state index in [0.717, 1.165) is 6.54 Å². The van der Waals surface area contributed by atoms with Gasteiger partial charge >= 0.3 is 5.97 Å². The zero-order valence-corrected chi connectivity index (χ0v) is 7.69. The van der Waals surface area contributed by atoms with Gasteiger partial charge in [0.05, 0.1) is 12.5 Å². The van der Waals surface area contributed by atoms with Crippen LogP contribution in [-0.2, 0) is 9.59 Å². The second-order valence-corrected chi connectivity index (χ2v) is 3.27. The zero-order chi connectivity index (χ0) is 10.6. The van der Waals surface area contributed by atoms with Crippen LogP contribution in [0.2, 0.25) is 0 Å². The number of carboxylic acids is 1. The van der Waals surface area contributed by atoms with E-state index in [1.807, 2.05) is 0 Å². The predicted octanol–water partition coefficient (Wildman–Crippen LogP) is -1.84. The molecule has 2 atom stereocenters. The summed E-state index contributed by atoms with van der Waals surface area (Å²) in [4.78, 5) is 21.9. The lowest BCUT2D eigenvalue weighted by molar-refractivity contribution is -0.143. The summed E-state index contributed by atoms with van der Waals surface area (Å²) in [5, 5.41) is 22.5. The van der Waals surface area contributed by atoms with Gasteiger partial charge in [-0.1, -0.05) is 0 Å². The molecule has 1 rings (SSSR count). The van der Waals surface area contributed by atoms with Crippen molar-refractivity contribution < 1.29 is 19.8 Å². The average Bonchev–Trinajstić information content (AvgIpc) is 2.65. The van der Waals surface area contributed by atoms with Crippen LogP contribution < -0.4 is 10.6 Å². The Hall–Kier alpha value is -1.14. The van der Waals surface area contributed by atoms with Gasteiger partial charge in [-0.3, -0.25) is 4.79 Å². The van der Waals surface area contributed by atoms with Crippen molar-refractivity contribution in [3.8, 4) is 0 Å². The smallest absolute Gasteiger partial charge is 0.328 e. The van der Waals surface area contributed by atoms with Crippen LogP contribution in [0.3, 0.4) is 0 Å². The SMILES string of the molecule is O=C(N[C@H](CO)C(=O)O)C1CCNC1. The molecule has 0 saturated carbocycles. The van der Waals surface area contributed by atoms with Crippen molar-refractivity contribution in [3.63, 3.8) is 0 Å². The number of carbonyl (C=O) groups excluding carboxylic acids is 1. The number of carboxylic acid groups (broad SMARTS) is 1. The highest BCUT2D eigenvalue weighted by atomic mass is 16.4. The number of aliphatic hydroxyl groups excluding tert-OH is 1. The Labute approximate surface area is 81.3 Å². The van der Waals surface area contributed by atoms with E-state index in [0.29, 0.717) is 13.0 Å². The monoisotopic (exact) mass is 202 g/mol. The number of aliphatic hydroxyl groups is 1. The molecule has 0 aliphatic carbocycles. The van der Waals surface area contributed by atoms with E-state index in [2.05, 4.69) is 10.6 Å². The van der Waals surface area contributed by atoms with Crippen molar-refractivity contribution in [2.45, 2.75) is 12.5 Å². The van der Waals surface area contributed by atoms with Gasteiger partial charge in [0.2, 0.25) is 5.91 Å². The minimum absolute atomic E-state index is 0.177. The molecule has 6 nitrogen and oxygen atoms in total. The van der Waals surface area contributed by atoms with E-state index in [4.69, 9.17) is 10.2 Å². The molecule has 14 heavy (non-hydrogen) atoms. The summed E-state index contributed by atoms with van der Waals surface area (Å²) in [6.45, 7) is 0.764. The molecule has 4 N–H and O–H groups in total. The first-order valence-electron chi connectivity index (χ1n) is 4.50. The van der Waals surface area contributed by atoms with Gasteiger partial charge in [0, 0.05) is 6.54 Å². The van der Waals surface area contributed by atoms with Crippen molar-refractivity contribution in [1.29, 1.82) is 0 Å². The van der Waals surface area contributed by atoms with Crippen LogP contribution in [0.4, 0.5) is 0 Å². The minimum Gasteiger partial charge on any atom is -0.480 e. The molecule has 1 amide bonds. The van der Waals surface area contributed by atoms with Crippen LogP contribution in [0.15, 0.2) is 0 Å². The summed E-state index contributed by atoms with van der Waals surface area (Å²) in [7, 11) is 0. The quantitative estimate of drug-likeness (QED) is 0.429. The Morgan fingerprint density at radius 1 is 1.57 bits per heavy atom. The molecule has 1 unspecified atom stereocenters. The second kappa shape index (κ2) is 4.92. The third-order valence-electron chi connectivity index (χ3n) is 2.23. The fraction of sp³-hybridized carbons (Fsp3) is 0.750. The van der Waals surface area contributed by atoms with Gasteiger partial charge in [0.15, 0.2) is 0 Å². The lowest BCUT2D eigenvalue weighted by Gasteiger charge is -2.14. The Bertz CT molecular complexity index is 225. The van der Waals surface area contributed by atoms with E-state index in [-0.39, 0.29) is 11.8 Å². The molecule has 80 valence electrons. The second-order valence-electron chi connectivity index (χ2n) is 3.27. The molecule has 1 heterocycles. The lowest BCUT2D eigenvalue weighted by atomic mass is 10.1. The molecule has 0 spiro atoms. The van der Waals surface area contributed by atoms with Crippen LogP contribution >= 0.6 is 0 Å². The molecule has 0 aromatic rings. The number of amides is 1. The fourth-order valence-electron chi connectivity index (χ4n) is 1.35. The maximum Gasteiger partial charge on any atom is 0.328 e. The summed E-state index contributed by atoms with van der Waals surface area (Å²) in [5.41, 5.74) is 0. The van der Waals surface area contributed by atoms with Crippen LogP contribution in [0.1, 0.15) is 6.42 Å². The largest absolute Gasteiger partial charge is 0.480 e. The fourth-order valence-corrected chi connectivity index (χ4v) is 1.35. The van der Waals surface area contributed by atoms with Crippen molar-refractivity contribution in [3.05, 3.63) is 0 Å². The first-order chi connectivity index (χ1) is 6.65. The first kappa shape index (κ1) is 10.9. The average molecular weight is 202 g/mol. The van der Waals surface area contributed by atoms with Gasteiger partial charge in [0.1, 0.15) is 6.04 Å². The van der Waals surface area contributed by atoms with E-state index in [1.165, 1.54) is 0 Å². The lowest BCUT2D eigenvalue weighted by Crippen LogP contribution is -2.46. The number of rotatable bonds is 4. The third kappa shape index (κ3) is 2.68. The molecule has 1 aliphatic heterocycles. The molecule has 1 saturated heterocycles. The summed E-state index contributed by atoms with van der Waals surface area (Å²) in [6.07, 6.45) is 0.712. The predicted molar refractivity (Wildman–Crippen MR) is 47.6 cm³/mol. The number of aliphatic carboxylic acids is 1. The summed E-state index contributed by atoms with van der Waals surface area (Å²) >= 11 is 0. The molecule has 1 fully saturated rings. The Morgan fingerprint density at radius 3 is 2.71 bits per heavy atom.